The van der Waals surface area contributed by atoms with E-state index in [9.17, 15) is 0 Å². The average molecular weight is 3950 g/mol. The van der Waals surface area contributed by atoms with Crippen molar-refractivity contribution in [1.82, 2.24) is 0 Å². The third-order valence-corrected chi connectivity index (χ3v) is 0. The van der Waals surface area contributed by atoms with Crippen molar-refractivity contribution < 1.29 is 1440 Å². The van der Waals surface area contributed by atoms with Gasteiger partial charge in [0.1, 0.15) is 0 Å². The Balaban J connectivity index is 0. The fourth-order valence-corrected chi connectivity index (χ4v) is 0. The maximum atomic E-state index is 0. The van der Waals surface area contributed by atoms with E-state index in [4.69, 9.17) is 0 Å². The summed E-state index contributed by atoms with van der Waals surface area (Å²) < 4.78 is 0. The summed E-state index contributed by atoms with van der Waals surface area (Å²) in [5, 5.41) is 0. The van der Waals surface area contributed by atoms with Gasteiger partial charge in [0.25, 0.3) is 0 Å². The van der Waals surface area contributed by atoms with Gasteiger partial charge in [-0.15, -0.1) is 0 Å². The van der Waals surface area contributed by atoms with Crippen LogP contribution in [-0.2, 0) is 1440 Å². The molecule has 1 unspecified atom stereocenters. The molecular formula is H3PY44. The molecule has 1 atom stereocenters. The molecule has 0 aliphatic heterocycles. The molecule has 0 saturated carbocycles. The van der Waals surface area contributed by atoms with Crippen LogP contribution in [0.5, 0.6) is 0 Å². The monoisotopic (exact) mass is 3950 g/mol. The number of hydrogen-bond donors (Lipinski definition) is 0. The number of hydrogen-bond acceptors (Lipinski definition) is 0. The Labute approximate surface area is 1390 Å². The topological polar surface area (TPSA) is 0 Å². The molecular weight excluding hydrogens is 3940 g/mol. The summed E-state index contributed by atoms with van der Waals surface area (Å²) in [5.74, 6) is 0. The van der Waals surface area contributed by atoms with Gasteiger partial charge in [-0.05, 0) is 0 Å². The van der Waals surface area contributed by atoms with Crippen molar-refractivity contribution in [3.05, 3.63) is 0 Å². The summed E-state index contributed by atoms with van der Waals surface area (Å²) in [5.41, 5.74) is 0. The Hall–Kier alpha value is 49.0. The third kappa shape index (κ3) is 321. The summed E-state index contributed by atoms with van der Waals surface area (Å²) in [6.45, 7) is 0. The van der Waals surface area contributed by atoms with Crippen LogP contribution in [0.3, 0.4) is 0 Å². The molecule has 0 aliphatic carbocycles. The molecule has 0 fully saturated rings. The first kappa shape index (κ1) is 339. The average Bonchev–Trinajstić information content (AvgIpc) is 0. The van der Waals surface area contributed by atoms with Crippen molar-refractivity contribution in [2.75, 3.05) is 0 Å². The van der Waals surface area contributed by atoms with E-state index < -0.39 is 0 Å². The summed E-state index contributed by atoms with van der Waals surface area (Å²) in [6.07, 6.45) is 0. The van der Waals surface area contributed by atoms with Gasteiger partial charge in [0, 0.05) is 1440 Å². The van der Waals surface area contributed by atoms with Crippen molar-refractivity contribution >= 4 is 9.90 Å². The van der Waals surface area contributed by atoms with E-state index >= 15 is 0 Å². The molecule has 140 valence electrons. The standard InChI is InChI=1S/H3P.44Y/h1H3;;;;;;;;;;;;;;;;;;;;;;;;;;;;;;;;;;;;;;;;;;;;. The minimum absolute atomic E-state index is 0. The van der Waals surface area contributed by atoms with Crippen LogP contribution in [0.25, 0.3) is 0 Å². The van der Waals surface area contributed by atoms with Crippen LogP contribution in [0.2, 0.25) is 0 Å². The zero-order chi connectivity index (χ0) is 0. The third-order valence-electron chi connectivity index (χ3n) is 0. The van der Waals surface area contributed by atoms with Crippen molar-refractivity contribution in [2.24, 2.45) is 0 Å². The van der Waals surface area contributed by atoms with Gasteiger partial charge in [0.05, 0.1) is 0 Å². The predicted octanol–water partition coefficient (Wildman–Crippen LogP) is -0.0519. The van der Waals surface area contributed by atoms with E-state index in [0.717, 1.165) is 0 Å². The van der Waals surface area contributed by atoms with Gasteiger partial charge in [-0.25, -0.2) is 0 Å². The normalized spacial score (nSPS) is 0. The summed E-state index contributed by atoms with van der Waals surface area (Å²) in [7, 11) is 0. The Bertz CT molecular complexity index is 6.92. The first-order valence-electron chi connectivity index (χ1n) is 0. The zero-order valence-corrected chi connectivity index (χ0v) is 152. The molecule has 0 bridgehead atoms. The van der Waals surface area contributed by atoms with Crippen molar-refractivity contribution in [3.63, 3.8) is 0 Å². The summed E-state index contributed by atoms with van der Waals surface area (Å²) in [6, 6.07) is 0. The van der Waals surface area contributed by atoms with Crippen LogP contribution in [-0.4, -0.2) is 0 Å². The van der Waals surface area contributed by atoms with Gasteiger partial charge < -0.3 is 0 Å². The fraction of sp³-hybridized carbons (Fsp3) is 0. The van der Waals surface area contributed by atoms with Crippen molar-refractivity contribution in [1.29, 1.82) is 0 Å². The van der Waals surface area contributed by atoms with Crippen molar-refractivity contribution in [2.45, 2.75) is 0 Å². The van der Waals surface area contributed by atoms with Gasteiger partial charge in [-0.1, -0.05) is 0 Å². The molecule has 0 aromatic rings. The summed E-state index contributed by atoms with van der Waals surface area (Å²) in [4.78, 5) is 0. The van der Waals surface area contributed by atoms with Crippen LogP contribution in [0.1, 0.15) is 0 Å². The van der Waals surface area contributed by atoms with Crippen LogP contribution in [0.4, 0.5) is 0 Å². The molecule has 0 aliphatic rings. The zero-order valence-electron chi connectivity index (χ0n) is 26.1. The maximum Gasteiger partial charge on any atom is 0 e. The molecule has 0 amide bonds. The molecule has 0 N–H and O–H groups in total. The molecule has 44 radical (unpaired) electrons. The SMILES string of the molecule is P.[Y].[Y].[Y].[Y].[Y].[Y].[Y].[Y].[Y].[Y].[Y].[Y].[Y].[Y].[Y].[Y].[Y].[Y].[Y].[Y].[Y].[Y].[Y].[Y].[Y].[Y].[Y].[Y].[Y].[Y].[Y].[Y].[Y].[Y].[Y].[Y].[Y].[Y].[Y].[Y].[Y].[Y].[Y].[Y]. The van der Waals surface area contributed by atoms with Gasteiger partial charge in [-0.3, -0.25) is 0 Å². The molecule has 0 saturated heterocycles. The van der Waals surface area contributed by atoms with E-state index in [2.05, 4.69) is 0 Å². The van der Waals surface area contributed by atoms with Crippen LogP contribution in [0, 0.1) is 0 Å². The van der Waals surface area contributed by atoms with Gasteiger partial charge in [0.2, 0.25) is 0 Å². The Kier molecular flexibility index (Phi) is 2470. The van der Waals surface area contributed by atoms with E-state index in [0.29, 0.717) is 0 Å². The predicted molar refractivity (Wildman–Crippen MR) is 11.1 cm³/mol. The largest absolute Gasteiger partial charge is 0.153 e. The van der Waals surface area contributed by atoms with Gasteiger partial charge >= 0.3 is 0 Å². The molecule has 0 spiro atoms. The minimum atomic E-state index is 0. The van der Waals surface area contributed by atoms with Crippen LogP contribution < -0.4 is 0 Å². The second kappa shape index (κ2) is 328. The first-order valence-corrected chi connectivity index (χ1v) is 0. The molecule has 0 heterocycles. The molecule has 0 rings (SSSR count). The molecule has 45 heteroatoms. The molecule has 45 heavy (non-hydrogen) atoms. The maximum absolute atomic E-state index is 0. The molecule has 0 aromatic heterocycles. The minimum Gasteiger partial charge on any atom is -0.153 e. The van der Waals surface area contributed by atoms with E-state index in [1.165, 1.54) is 0 Å². The Morgan fingerprint density at radius 2 is 0.0444 bits per heavy atom. The van der Waals surface area contributed by atoms with Crippen LogP contribution >= 0.6 is 9.90 Å². The molecule has 0 nitrogen and oxygen atoms in total. The van der Waals surface area contributed by atoms with Gasteiger partial charge in [-0.2, -0.15) is 9.90 Å². The van der Waals surface area contributed by atoms with Gasteiger partial charge in [0.15, 0.2) is 0 Å². The number of rotatable bonds is 0. The van der Waals surface area contributed by atoms with Crippen molar-refractivity contribution in [3.8, 4) is 0 Å². The van der Waals surface area contributed by atoms with E-state index in [1.807, 2.05) is 0 Å². The smallest absolute Gasteiger partial charge is 0 e. The fourth-order valence-electron chi connectivity index (χ4n) is 0. The van der Waals surface area contributed by atoms with E-state index in [1.54, 1.807) is 0 Å². The first-order chi connectivity index (χ1) is 0. The quantitative estimate of drug-likeness (QED) is 0.299. The molecule has 0 aromatic carbocycles. The van der Waals surface area contributed by atoms with Crippen LogP contribution in [0.15, 0.2) is 0 Å². The second-order valence-electron chi connectivity index (χ2n) is 0. The Morgan fingerprint density at radius 3 is 0.0444 bits per heavy atom. The Morgan fingerprint density at radius 1 is 0.0444 bits per heavy atom. The summed E-state index contributed by atoms with van der Waals surface area (Å²) >= 11 is 0. The van der Waals surface area contributed by atoms with E-state index in [-0.39, 0.29) is 1450 Å². The second-order valence-corrected chi connectivity index (χ2v) is 0.